The van der Waals surface area contributed by atoms with Gasteiger partial charge < -0.3 is 4.42 Å². The van der Waals surface area contributed by atoms with Crippen molar-refractivity contribution in [1.82, 2.24) is 0 Å². The Morgan fingerprint density at radius 2 is 2.06 bits per heavy atom. The lowest BCUT2D eigenvalue weighted by Gasteiger charge is -2.09. The second kappa shape index (κ2) is 5.77. The number of furan rings is 1. The molecule has 2 rings (SSSR count). The van der Waals surface area contributed by atoms with Crippen molar-refractivity contribution in [3.63, 3.8) is 0 Å². The van der Waals surface area contributed by atoms with Crippen molar-refractivity contribution in [3.8, 4) is 0 Å². The summed E-state index contributed by atoms with van der Waals surface area (Å²) in [7, 11) is 0. The molecule has 0 N–H and O–H groups in total. The van der Waals surface area contributed by atoms with E-state index in [1.54, 1.807) is 12.1 Å². The summed E-state index contributed by atoms with van der Waals surface area (Å²) in [4.78, 5) is 0. The molecule has 0 aliphatic carbocycles. The zero-order valence-corrected chi connectivity index (χ0v) is 11.4. The van der Waals surface area contributed by atoms with Crippen LogP contribution < -0.4 is 0 Å². The summed E-state index contributed by atoms with van der Waals surface area (Å²) in [5, 5.41) is -0.0254. The lowest BCUT2D eigenvalue weighted by molar-refractivity contribution is 0.462. The molecule has 4 heteroatoms. The predicted molar refractivity (Wildman–Crippen MR) is 71.8 cm³/mol. The van der Waals surface area contributed by atoms with E-state index in [1.165, 1.54) is 6.07 Å². The average molecular weight is 287 g/mol. The summed E-state index contributed by atoms with van der Waals surface area (Å²) in [6.07, 6.45) is 1.12. The minimum Gasteiger partial charge on any atom is -0.465 e. The predicted octanol–water partition coefficient (Wildman–Crippen LogP) is 5.16. The van der Waals surface area contributed by atoms with Gasteiger partial charge in [-0.1, -0.05) is 24.6 Å². The van der Waals surface area contributed by atoms with E-state index < -0.39 is 5.38 Å². The monoisotopic (exact) mass is 286 g/mol. The van der Waals surface area contributed by atoms with Crippen LogP contribution in [0.5, 0.6) is 0 Å². The van der Waals surface area contributed by atoms with Crippen LogP contribution in [0.3, 0.4) is 0 Å². The maximum absolute atomic E-state index is 13.6. The molecular formula is C14H13Cl2FO. The van der Waals surface area contributed by atoms with Gasteiger partial charge in [-0.05, 0) is 24.3 Å². The molecule has 1 aromatic carbocycles. The van der Waals surface area contributed by atoms with Gasteiger partial charge in [0.15, 0.2) is 0 Å². The van der Waals surface area contributed by atoms with Crippen molar-refractivity contribution in [2.75, 3.05) is 0 Å². The van der Waals surface area contributed by atoms with Crippen LogP contribution >= 0.6 is 23.2 Å². The minimum absolute atomic E-state index is 0.309. The Balaban J connectivity index is 2.18. The van der Waals surface area contributed by atoms with E-state index in [9.17, 15) is 4.39 Å². The smallest absolute Gasteiger partial charge is 0.127 e. The molecule has 0 saturated heterocycles. The number of hydrogen-bond acceptors (Lipinski definition) is 1. The topological polar surface area (TPSA) is 13.1 Å². The molecule has 1 unspecified atom stereocenters. The molecule has 1 atom stereocenters. The summed E-state index contributed by atoms with van der Waals surface area (Å²) >= 11 is 12.2. The largest absolute Gasteiger partial charge is 0.465 e. The number of aryl methyl sites for hydroxylation is 1. The molecule has 1 nitrogen and oxygen atoms in total. The average Bonchev–Trinajstić information content (AvgIpc) is 2.82. The first kappa shape index (κ1) is 13.4. The van der Waals surface area contributed by atoms with Crippen LogP contribution in [-0.4, -0.2) is 0 Å². The first-order valence-corrected chi connectivity index (χ1v) is 6.58. The fourth-order valence-corrected chi connectivity index (χ4v) is 2.27. The van der Waals surface area contributed by atoms with Gasteiger partial charge >= 0.3 is 0 Å². The Morgan fingerprint density at radius 3 is 2.67 bits per heavy atom. The van der Waals surface area contributed by atoms with E-state index in [-0.39, 0.29) is 5.82 Å². The van der Waals surface area contributed by atoms with Crippen molar-refractivity contribution in [2.45, 2.75) is 25.1 Å². The second-order valence-corrected chi connectivity index (χ2v) is 4.96. The number of halogens is 3. The SMILES string of the molecule is CCc1ccc(C(Cl)Cc2c(F)cccc2Cl)o1. The van der Waals surface area contributed by atoms with Gasteiger partial charge in [0.05, 0.1) is 5.38 Å². The van der Waals surface area contributed by atoms with Crippen LogP contribution in [0.2, 0.25) is 5.02 Å². The lowest BCUT2D eigenvalue weighted by atomic mass is 10.1. The fraction of sp³-hybridized carbons (Fsp3) is 0.286. The number of rotatable bonds is 4. The molecule has 0 amide bonds. The Kier molecular flexibility index (Phi) is 4.31. The summed E-state index contributed by atoms with van der Waals surface area (Å²) in [5.74, 6) is 1.18. The van der Waals surface area contributed by atoms with Crippen LogP contribution in [0, 0.1) is 5.82 Å². The third-order valence-electron chi connectivity index (χ3n) is 2.78. The zero-order valence-electron chi connectivity index (χ0n) is 9.92. The van der Waals surface area contributed by atoms with E-state index >= 15 is 0 Å². The fourth-order valence-electron chi connectivity index (χ4n) is 1.76. The second-order valence-electron chi connectivity index (χ2n) is 4.03. The Morgan fingerprint density at radius 1 is 1.28 bits per heavy atom. The highest BCUT2D eigenvalue weighted by molar-refractivity contribution is 6.31. The third-order valence-corrected chi connectivity index (χ3v) is 3.51. The maximum Gasteiger partial charge on any atom is 0.127 e. The number of benzene rings is 1. The van der Waals surface area contributed by atoms with Crippen molar-refractivity contribution < 1.29 is 8.81 Å². The van der Waals surface area contributed by atoms with E-state index in [0.29, 0.717) is 22.8 Å². The van der Waals surface area contributed by atoms with Crippen LogP contribution in [0.1, 0.15) is 29.4 Å². The Labute approximate surface area is 116 Å². The van der Waals surface area contributed by atoms with Gasteiger partial charge in [-0.15, -0.1) is 11.6 Å². The molecule has 0 aliphatic rings. The van der Waals surface area contributed by atoms with Crippen molar-refractivity contribution in [1.29, 1.82) is 0 Å². The molecule has 18 heavy (non-hydrogen) atoms. The van der Waals surface area contributed by atoms with Crippen molar-refractivity contribution in [2.24, 2.45) is 0 Å². The molecule has 0 aliphatic heterocycles. The first-order valence-electron chi connectivity index (χ1n) is 5.77. The molecule has 1 heterocycles. The lowest BCUT2D eigenvalue weighted by Crippen LogP contribution is -1.98. The van der Waals surface area contributed by atoms with Gasteiger partial charge in [-0.3, -0.25) is 0 Å². The van der Waals surface area contributed by atoms with E-state index in [4.69, 9.17) is 27.6 Å². The molecule has 1 aromatic heterocycles. The highest BCUT2D eigenvalue weighted by Gasteiger charge is 2.17. The Hall–Kier alpha value is -0.990. The minimum atomic E-state index is -0.417. The molecule has 0 radical (unpaired) electrons. The van der Waals surface area contributed by atoms with Gasteiger partial charge in [0.1, 0.15) is 17.3 Å². The van der Waals surface area contributed by atoms with Crippen LogP contribution in [-0.2, 0) is 12.8 Å². The highest BCUT2D eigenvalue weighted by atomic mass is 35.5. The summed E-state index contributed by atoms with van der Waals surface area (Å²) in [6, 6.07) is 8.32. The zero-order chi connectivity index (χ0) is 13.1. The van der Waals surface area contributed by atoms with Crippen molar-refractivity contribution in [3.05, 3.63) is 58.3 Å². The van der Waals surface area contributed by atoms with E-state index in [1.807, 2.05) is 19.1 Å². The third kappa shape index (κ3) is 2.88. The summed E-state index contributed by atoms with van der Waals surface area (Å²) in [5.41, 5.74) is 0.425. The highest BCUT2D eigenvalue weighted by Crippen LogP contribution is 2.30. The maximum atomic E-state index is 13.6. The summed E-state index contributed by atoms with van der Waals surface area (Å²) < 4.78 is 19.2. The molecule has 0 bridgehead atoms. The molecule has 0 spiro atoms. The van der Waals surface area contributed by atoms with Gasteiger partial charge in [0.2, 0.25) is 0 Å². The Bertz CT molecular complexity index is 516. The van der Waals surface area contributed by atoms with E-state index in [0.717, 1.165) is 12.2 Å². The molecule has 0 fully saturated rings. The molecule has 2 aromatic rings. The van der Waals surface area contributed by atoms with E-state index in [2.05, 4.69) is 0 Å². The quantitative estimate of drug-likeness (QED) is 0.708. The normalized spacial score (nSPS) is 12.7. The van der Waals surface area contributed by atoms with Crippen LogP contribution in [0.4, 0.5) is 4.39 Å². The summed E-state index contributed by atoms with van der Waals surface area (Å²) in [6.45, 7) is 2.00. The van der Waals surface area contributed by atoms with Gasteiger partial charge in [-0.25, -0.2) is 4.39 Å². The van der Waals surface area contributed by atoms with Gasteiger partial charge in [0.25, 0.3) is 0 Å². The van der Waals surface area contributed by atoms with Gasteiger partial charge in [0, 0.05) is 23.4 Å². The molecular weight excluding hydrogens is 274 g/mol. The van der Waals surface area contributed by atoms with Crippen LogP contribution in [0.25, 0.3) is 0 Å². The first-order chi connectivity index (χ1) is 8.61. The number of alkyl halides is 1. The number of hydrogen-bond donors (Lipinski definition) is 0. The molecule has 96 valence electrons. The van der Waals surface area contributed by atoms with Crippen LogP contribution in [0.15, 0.2) is 34.7 Å². The van der Waals surface area contributed by atoms with Gasteiger partial charge in [-0.2, -0.15) is 0 Å². The van der Waals surface area contributed by atoms with Crippen molar-refractivity contribution >= 4 is 23.2 Å². The molecule has 0 saturated carbocycles. The standard InChI is InChI=1S/C14H13Cl2FO/c1-2-9-6-7-14(18-9)12(16)8-10-11(15)4-3-5-13(10)17/h3-7,12H,2,8H2,1H3.